The van der Waals surface area contributed by atoms with E-state index in [1.165, 1.54) is 5.56 Å². The van der Waals surface area contributed by atoms with Gasteiger partial charge in [-0.2, -0.15) is 0 Å². The van der Waals surface area contributed by atoms with Gasteiger partial charge in [-0.3, -0.25) is 9.78 Å². The Kier molecular flexibility index (Phi) is 6.41. The van der Waals surface area contributed by atoms with Crippen LogP contribution in [0, 0.1) is 0 Å². The Hall–Kier alpha value is -2.56. The second-order valence-corrected chi connectivity index (χ2v) is 5.23. The average Bonchev–Trinajstić information content (AvgIpc) is 2.60. The minimum atomic E-state index is 0.0629. The molecule has 2 rings (SSSR count). The molecule has 0 fully saturated rings. The van der Waals surface area contributed by atoms with Crippen molar-refractivity contribution in [3.05, 3.63) is 54.4 Å². The summed E-state index contributed by atoms with van der Waals surface area (Å²) in [6, 6.07) is 11.5. The van der Waals surface area contributed by atoms with E-state index in [9.17, 15) is 4.79 Å². The molecular weight excluding hydrogens is 290 g/mol. The molecule has 5 heteroatoms. The van der Waals surface area contributed by atoms with E-state index in [1.54, 1.807) is 17.3 Å². The molecule has 1 N–H and O–H groups in total. The van der Waals surface area contributed by atoms with E-state index in [-0.39, 0.29) is 12.5 Å². The number of carbonyl (C=O) groups is 1. The number of benzene rings is 1. The Labute approximate surface area is 137 Å². The van der Waals surface area contributed by atoms with Crippen molar-refractivity contribution in [3.8, 4) is 5.75 Å². The molecule has 0 aliphatic carbocycles. The minimum Gasteiger partial charge on any atom is -0.494 e. The average molecular weight is 313 g/mol. The summed E-state index contributed by atoms with van der Waals surface area (Å²) in [6.45, 7) is 3.56. The summed E-state index contributed by atoms with van der Waals surface area (Å²) in [4.78, 5) is 17.9. The predicted octanol–water partition coefficient (Wildman–Crippen LogP) is 2.59. The molecular formula is C18H23N3O2. The lowest BCUT2D eigenvalue weighted by Gasteiger charge is -2.18. The Morgan fingerprint density at radius 3 is 2.52 bits per heavy atom. The van der Waals surface area contributed by atoms with Crippen LogP contribution in [0.3, 0.4) is 0 Å². The first-order valence-corrected chi connectivity index (χ1v) is 7.78. The molecule has 1 aromatic carbocycles. The van der Waals surface area contributed by atoms with Crippen molar-refractivity contribution in [1.82, 2.24) is 9.88 Å². The highest BCUT2D eigenvalue weighted by Gasteiger charge is 2.08. The van der Waals surface area contributed by atoms with E-state index in [0.29, 0.717) is 13.2 Å². The molecule has 2 aromatic rings. The number of anilines is 1. The van der Waals surface area contributed by atoms with Crippen molar-refractivity contribution < 1.29 is 9.53 Å². The van der Waals surface area contributed by atoms with Gasteiger partial charge in [0.25, 0.3) is 0 Å². The van der Waals surface area contributed by atoms with Crippen molar-refractivity contribution in [2.75, 3.05) is 32.1 Å². The fraction of sp³-hybridized carbons (Fsp3) is 0.333. The first-order valence-electron chi connectivity index (χ1n) is 7.78. The van der Waals surface area contributed by atoms with Gasteiger partial charge in [-0.25, -0.2) is 0 Å². The molecule has 1 heterocycles. The van der Waals surface area contributed by atoms with Crippen LogP contribution in [-0.2, 0) is 11.2 Å². The van der Waals surface area contributed by atoms with Crippen LogP contribution in [0.5, 0.6) is 5.75 Å². The van der Waals surface area contributed by atoms with Crippen molar-refractivity contribution in [2.45, 2.75) is 13.3 Å². The zero-order chi connectivity index (χ0) is 16.5. The number of pyridine rings is 1. The Morgan fingerprint density at radius 1 is 1.17 bits per heavy atom. The second-order valence-electron chi connectivity index (χ2n) is 5.23. The highest BCUT2D eigenvalue weighted by atomic mass is 16.5. The van der Waals surface area contributed by atoms with Gasteiger partial charge in [-0.1, -0.05) is 0 Å². The van der Waals surface area contributed by atoms with Gasteiger partial charge < -0.3 is 15.0 Å². The number of aromatic nitrogens is 1. The lowest BCUT2D eigenvalue weighted by molar-refractivity contribution is -0.127. The van der Waals surface area contributed by atoms with Crippen molar-refractivity contribution in [2.24, 2.45) is 0 Å². The molecule has 1 amide bonds. The molecule has 0 atom stereocenters. The van der Waals surface area contributed by atoms with E-state index in [4.69, 9.17) is 4.74 Å². The highest BCUT2D eigenvalue weighted by molar-refractivity contribution is 5.80. The molecule has 1 aromatic heterocycles. The van der Waals surface area contributed by atoms with Crippen LogP contribution < -0.4 is 10.1 Å². The molecule has 0 spiro atoms. The fourth-order valence-corrected chi connectivity index (χ4v) is 2.12. The van der Waals surface area contributed by atoms with Crippen LogP contribution in [0.25, 0.3) is 0 Å². The van der Waals surface area contributed by atoms with E-state index in [1.807, 2.05) is 50.4 Å². The first-order chi connectivity index (χ1) is 11.2. The summed E-state index contributed by atoms with van der Waals surface area (Å²) >= 11 is 0. The molecule has 0 saturated heterocycles. The topological polar surface area (TPSA) is 54.5 Å². The highest BCUT2D eigenvalue weighted by Crippen LogP contribution is 2.15. The van der Waals surface area contributed by atoms with Gasteiger partial charge in [-0.05, 0) is 55.3 Å². The maximum atomic E-state index is 12.1. The van der Waals surface area contributed by atoms with Crippen molar-refractivity contribution >= 4 is 11.6 Å². The van der Waals surface area contributed by atoms with Crippen LogP contribution >= 0.6 is 0 Å². The molecule has 0 unspecified atom stereocenters. The van der Waals surface area contributed by atoms with Gasteiger partial charge in [0.1, 0.15) is 5.75 Å². The number of rotatable bonds is 8. The molecule has 0 aliphatic heterocycles. The third kappa shape index (κ3) is 5.62. The number of ether oxygens (including phenoxy) is 1. The van der Waals surface area contributed by atoms with Crippen LogP contribution in [0.2, 0.25) is 0 Å². The van der Waals surface area contributed by atoms with Crippen LogP contribution in [0.15, 0.2) is 48.8 Å². The Bertz CT molecular complexity index is 599. The number of hydrogen-bond donors (Lipinski definition) is 1. The van der Waals surface area contributed by atoms with Gasteiger partial charge in [0.2, 0.25) is 5.91 Å². The van der Waals surface area contributed by atoms with Gasteiger partial charge in [0.05, 0.1) is 13.2 Å². The normalized spacial score (nSPS) is 10.2. The quantitative estimate of drug-likeness (QED) is 0.814. The number of hydrogen-bond acceptors (Lipinski definition) is 4. The summed E-state index contributed by atoms with van der Waals surface area (Å²) in [5.41, 5.74) is 2.09. The smallest absolute Gasteiger partial charge is 0.241 e. The molecule has 0 radical (unpaired) electrons. The van der Waals surface area contributed by atoms with Crippen LogP contribution in [0.1, 0.15) is 12.5 Å². The summed E-state index contributed by atoms with van der Waals surface area (Å²) in [5, 5.41) is 3.14. The van der Waals surface area contributed by atoms with E-state index in [2.05, 4.69) is 10.3 Å². The molecule has 23 heavy (non-hydrogen) atoms. The minimum absolute atomic E-state index is 0.0629. The summed E-state index contributed by atoms with van der Waals surface area (Å²) < 4.78 is 5.39. The summed E-state index contributed by atoms with van der Waals surface area (Å²) in [7, 11) is 1.82. The number of carbonyl (C=O) groups excluding carboxylic acids is 1. The standard InChI is InChI=1S/C18H23N3O2/c1-3-23-17-6-4-16(5-7-17)20-14-18(22)21(2)13-10-15-8-11-19-12-9-15/h4-9,11-12,20H,3,10,13-14H2,1-2H3. The molecule has 0 saturated carbocycles. The lowest BCUT2D eigenvalue weighted by Crippen LogP contribution is -2.33. The number of nitrogens with zero attached hydrogens (tertiary/aromatic N) is 2. The van der Waals surface area contributed by atoms with E-state index >= 15 is 0 Å². The van der Waals surface area contributed by atoms with Gasteiger partial charge >= 0.3 is 0 Å². The third-order valence-electron chi connectivity index (χ3n) is 3.52. The SMILES string of the molecule is CCOc1ccc(NCC(=O)N(C)CCc2ccncc2)cc1. The van der Waals surface area contributed by atoms with E-state index in [0.717, 1.165) is 17.9 Å². The van der Waals surface area contributed by atoms with Gasteiger partial charge in [0, 0.05) is 31.7 Å². The maximum absolute atomic E-state index is 12.1. The first kappa shape index (κ1) is 16.8. The zero-order valence-corrected chi connectivity index (χ0v) is 13.7. The number of amides is 1. The van der Waals surface area contributed by atoms with Crippen LogP contribution in [0.4, 0.5) is 5.69 Å². The zero-order valence-electron chi connectivity index (χ0n) is 13.7. The number of likely N-dealkylation sites (N-methyl/N-ethyl adjacent to an activating group) is 1. The van der Waals surface area contributed by atoms with Crippen molar-refractivity contribution in [3.63, 3.8) is 0 Å². The summed E-state index contributed by atoms with van der Waals surface area (Å²) in [6.07, 6.45) is 4.36. The van der Waals surface area contributed by atoms with Gasteiger partial charge in [-0.15, -0.1) is 0 Å². The molecule has 122 valence electrons. The number of nitrogens with one attached hydrogen (secondary N) is 1. The summed E-state index contributed by atoms with van der Waals surface area (Å²) in [5.74, 6) is 0.895. The predicted molar refractivity (Wildman–Crippen MR) is 91.7 cm³/mol. The maximum Gasteiger partial charge on any atom is 0.241 e. The second kappa shape index (κ2) is 8.78. The molecule has 0 aliphatic rings. The lowest BCUT2D eigenvalue weighted by atomic mass is 10.2. The Balaban J connectivity index is 1.75. The largest absolute Gasteiger partial charge is 0.494 e. The molecule has 5 nitrogen and oxygen atoms in total. The monoisotopic (exact) mass is 313 g/mol. The van der Waals surface area contributed by atoms with Crippen molar-refractivity contribution in [1.29, 1.82) is 0 Å². The fourth-order valence-electron chi connectivity index (χ4n) is 2.12. The third-order valence-corrected chi connectivity index (χ3v) is 3.52. The van der Waals surface area contributed by atoms with E-state index < -0.39 is 0 Å². The van der Waals surface area contributed by atoms with Crippen LogP contribution in [-0.4, -0.2) is 42.5 Å². The van der Waals surface area contributed by atoms with Gasteiger partial charge in [0.15, 0.2) is 0 Å². The Morgan fingerprint density at radius 2 is 1.87 bits per heavy atom. The molecule has 0 bridgehead atoms.